The van der Waals surface area contributed by atoms with Crippen molar-refractivity contribution in [3.63, 3.8) is 0 Å². The van der Waals surface area contributed by atoms with E-state index in [0.29, 0.717) is 23.2 Å². The average Bonchev–Trinajstić information content (AvgIpc) is 2.38. The zero-order chi connectivity index (χ0) is 12.7. The highest BCUT2D eigenvalue weighted by Gasteiger charge is 2.02. The lowest BCUT2D eigenvalue weighted by atomic mass is 10.3. The van der Waals surface area contributed by atoms with Crippen LogP contribution in [-0.2, 0) is 4.74 Å². The van der Waals surface area contributed by atoms with Gasteiger partial charge < -0.3 is 14.2 Å². The monoisotopic (exact) mass is 252 g/mol. The quantitative estimate of drug-likeness (QED) is 0.595. The standard InChI is InChI=1S/C13H16O3S/c1-10(13(17)15-3)8-9-16-12-7-5-4-6-11(12)14-2/h4-8H,9H2,1-3H3/b10-8+. The van der Waals surface area contributed by atoms with Crippen molar-refractivity contribution in [3.8, 4) is 11.5 Å². The summed E-state index contributed by atoms with van der Waals surface area (Å²) in [5, 5.41) is 0.480. The van der Waals surface area contributed by atoms with Gasteiger partial charge in [0.05, 0.1) is 14.2 Å². The number of hydrogen-bond acceptors (Lipinski definition) is 4. The van der Waals surface area contributed by atoms with Gasteiger partial charge in [0.15, 0.2) is 16.5 Å². The van der Waals surface area contributed by atoms with Crippen LogP contribution < -0.4 is 9.47 Å². The van der Waals surface area contributed by atoms with Crippen LogP contribution in [0.15, 0.2) is 35.9 Å². The van der Waals surface area contributed by atoms with Gasteiger partial charge in [-0.3, -0.25) is 0 Å². The third-order valence-electron chi connectivity index (χ3n) is 2.20. The summed E-state index contributed by atoms with van der Waals surface area (Å²) in [6, 6.07) is 7.50. The van der Waals surface area contributed by atoms with E-state index in [0.717, 1.165) is 5.57 Å². The van der Waals surface area contributed by atoms with Crippen LogP contribution in [-0.4, -0.2) is 25.9 Å². The maximum absolute atomic E-state index is 5.58. The molecule has 0 aliphatic heterocycles. The first-order valence-electron chi connectivity index (χ1n) is 5.20. The molecule has 0 aliphatic carbocycles. The largest absolute Gasteiger partial charge is 0.493 e. The maximum Gasteiger partial charge on any atom is 0.186 e. The van der Waals surface area contributed by atoms with Gasteiger partial charge in [-0.15, -0.1) is 0 Å². The Morgan fingerprint density at radius 3 is 2.47 bits per heavy atom. The molecule has 0 amide bonds. The molecule has 1 aromatic carbocycles. The van der Waals surface area contributed by atoms with E-state index < -0.39 is 0 Å². The predicted octanol–water partition coefficient (Wildman–Crippen LogP) is 2.99. The minimum absolute atomic E-state index is 0.426. The van der Waals surface area contributed by atoms with Gasteiger partial charge in [0.2, 0.25) is 0 Å². The summed E-state index contributed by atoms with van der Waals surface area (Å²) in [4.78, 5) is 0. The lowest BCUT2D eigenvalue weighted by Gasteiger charge is -2.09. The lowest BCUT2D eigenvalue weighted by molar-refractivity contribution is 0.325. The van der Waals surface area contributed by atoms with Crippen LogP contribution in [0.25, 0.3) is 0 Å². The number of para-hydroxylation sites is 2. The van der Waals surface area contributed by atoms with E-state index >= 15 is 0 Å². The van der Waals surface area contributed by atoms with Crippen molar-refractivity contribution < 1.29 is 14.2 Å². The molecular weight excluding hydrogens is 236 g/mol. The van der Waals surface area contributed by atoms with Crippen molar-refractivity contribution in [3.05, 3.63) is 35.9 Å². The van der Waals surface area contributed by atoms with Crippen LogP contribution in [0.1, 0.15) is 6.92 Å². The van der Waals surface area contributed by atoms with Gasteiger partial charge in [-0.25, -0.2) is 0 Å². The summed E-state index contributed by atoms with van der Waals surface area (Å²) in [6.07, 6.45) is 1.87. The van der Waals surface area contributed by atoms with Crippen molar-refractivity contribution in [2.24, 2.45) is 0 Å². The Labute approximate surface area is 107 Å². The Kier molecular flexibility index (Phi) is 5.49. The first kappa shape index (κ1) is 13.5. The van der Waals surface area contributed by atoms with E-state index in [9.17, 15) is 0 Å². The highest BCUT2D eigenvalue weighted by atomic mass is 32.1. The summed E-state index contributed by atoms with van der Waals surface area (Å²) >= 11 is 4.99. The molecule has 0 saturated heterocycles. The minimum atomic E-state index is 0.426. The molecule has 0 aromatic heterocycles. The third-order valence-corrected chi connectivity index (χ3v) is 2.69. The summed E-state index contributed by atoms with van der Waals surface area (Å²) in [5.74, 6) is 1.43. The van der Waals surface area contributed by atoms with Crippen LogP contribution in [0.5, 0.6) is 11.5 Å². The Bertz CT molecular complexity index is 413. The SMILES string of the molecule is COC(=S)/C(C)=C/COc1ccccc1OC. The van der Waals surface area contributed by atoms with Crippen molar-refractivity contribution in [2.45, 2.75) is 6.92 Å². The van der Waals surface area contributed by atoms with Crippen molar-refractivity contribution >= 4 is 17.3 Å². The molecule has 0 unspecified atom stereocenters. The molecule has 17 heavy (non-hydrogen) atoms. The fourth-order valence-electron chi connectivity index (χ4n) is 1.24. The predicted molar refractivity (Wildman–Crippen MR) is 71.9 cm³/mol. The molecule has 1 aromatic rings. The van der Waals surface area contributed by atoms with Crippen LogP contribution in [0.2, 0.25) is 0 Å². The van der Waals surface area contributed by atoms with E-state index in [1.165, 1.54) is 0 Å². The van der Waals surface area contributed by atoms with Gasteiger partial charge in [0.25, 0.3) is 0 Å². The van der Waals surface area contributed by atoms with Crippen molar-refractivity contribution in [1.29, 1.82) is 0 Å². The molecule has 92 valence electrons. The van der Waals surface area contributed by atoms with Gasteiger partial charge in [-0.05, 0) is 37.4 Å². The fourth-order valence-corrected chi connectivity index (χ4v) is 1.32. The Morgan fingerprint density at radius 2 is 1.88 bits per heavy atom. The second-order valence-electron chi connectivity index (χ2n) is 3.34. The van der Waals surface area contributed by atoms with Gasteiger partial charge in [-0.1, -0.05) is 12.1 Å². The average molecular weight is 252 g/mol. The van der Waals surface area contributed by atoms with E-state index in [1.54, 1.807) is 14.2 Å². The first-order valence-corrected chi connectivity index (χ1v) is 5.60. The van der Waals surface area contributed by atoms with Gasteiger partial charge in [-0.2, -0.15) is 0 Å². The van der Waals surface area contributed by atoms with Crippen LogP contribution in [0, 0.1) is 0 Å². The second-order valence-corrected chi connectivity index (χ2v) is 3.71. The van der Waals surface area contributed by atoms with E-state index in [-0.39, 0.29) is 0 Å². The molecule has 0 fully saturated rings. The van der Waals surface area contributed by atoms with E-state index in [4.69, 9.17) is 26.4 Å². The van der Waals surface area contributed by atoms with Gasteiger partial charge >= 0.3 is 0 Å². The normalized spacial score (nSPS) is 10.9. The minimum Gasteiger partial charge on any atom is -0.493 e. The molecule has 0 saturated carbocycles. The summed E-state index contributed by atoms with van der Waals surface area (Å²) in [7, 11) is 3.17. The number of thiocarbonyl (C=S) groups is 1. The zero-order valence-corrected chi connectivity index (χ0v) is 11.0. The highest BCUT2D eigenvalue weighted by Crippen LogP contribution is 2.25. The summed E-state index contributed by atoms with van der Waals surface area (Å²) < 4.78 is 15.7. The molecule has 0 aliphatic rings. The third kappa shape index (κ3) is 4.07. The number of rotatable bonds is 5. The van der Waals surface area contributed by atoms with E-state index in [2.05, 4.69) is 0 Å². The van der Waals surface area contributed by atoms with Crippen LogP contribution >= 0.6 is 12.2 Å². The summed E-state index contributed by atoms with van der Waals surface area (Å²) in [5.41, 5.74) is 0.886. The Balaban J connectivity index is 2.59. The topological polar surface area (TPSA) is 27.7 Å². The summed E-state index contributed by atoms with van der Waals surface area (Å²) in [6.45, 7) is 2.31. The molecule has 0 heterocycles. The van der Waals surface area contributed by atoms with Crippen LogP contribution in [0.4, 0.5) is 0 Å². The molecule has 3 nitrogen and oxygen atoms in total. The van der Waals surface area contributed by atoms with Crippen molar-refractivity contribution in [1.82, 2.24) is 0 Å². The molecule has 0 N–H and O–H groups in total. The van der Waals surface area contributed by atoms with Crippen LogP contribution in [0.3, 0.4) is 0 Å². The Morgan fingerprint density at radius 1 is 1.24 bits per heavy atom. The molecule has 0 bridgehead atoms. The number of hydrogen-bond donors (Lipinski definition) is 0. The smallest absolute Gasteiger partial charge is 0.186 e. The number of methoxy groups -OCH3 is 2. The number of benzene rings is 1. The van der Waals surface area contributed by atoms with Gasteiger partial charge in [0, 0.05) is 5.57 Å². The molecule has 4 heteroatoms. The fraction of sp³-hybridized carbons (Fsp3) is 0.308. The van der Waals surface area contributed by atoms with Crippen molar-refractivity contribution in [2.75, 3.05) is 20.8 Å². The number of ether oxygens (including phenoxy) is 3. The van der Waals surface area contributed by atoms with E-state index in [1.807, 2.05) is 37.3 Å². The molecule has 0 atom stereocenters. The lowest BCUT2D eigenvalue weighted by Crippen LogP contribution is -2.02. The van der Waals surface area contributed by atoms with Gasteiger partial charge in [0.1, 0.15) is 6.61 Å². The second kappa shape index (κ2) is 6.91. The zero-order valence-electron chi connectivity index (χ0n) is 10.2. The Hall–Kier alpha value is -1.55. The molecular formula is C13H16O3S. The highest BCUT2D eigenvalue weighted by molar-refractivity contribution is 7.80. The maximum atomic E-state index is 5.58. The molecule has 1 rings (SSSR count). The molecule has 0 radical (unpaired) electrons. The molecule has 0 spiro atoms. The first-order chi connectivity index (χ1) is 8.19.